The third-order valence-corrected chi connectivity index (χ3v) is 8.35. The lowest BCUT2D eigenvalue weighted by molar-refractivity contribution is 0.0992. The lowest BCUT2D eigenvalue weighted by Gasteiger charge is -2.12. The number of hydrogen-bond acceptors (Lipinski definition) is 9. The summed E-state index contributed by atoms with van der Waals surface area (Å²) in [6.07, 6.45) is 3.95. The van der Waals surface area contributed by atoms with Gasteiger partial charge in [0.25, 0.3) is 0 Å². The number of ketones is 1. The highest BCUT2D eigenvalue weighted by molar-refractivity contribution is 7.91. The maximum Gasteiger partial charge on any atom is 0.195 e. The first kappa shape index (κ1) is 26.5. The zero-order valence-corrected chi connectivity index (χ0v) is 22.6. The fraction of sp³-hybridized carbons (Fsp3) is 0.154. The van der Waals surface area contributed by atoms with Gasteiger partial charge in [0.1, 0.15) is 23.0 Å². The molecule has 0 aliphatic rings. The van der Waals surface area contributed by atoms with Crippen molar-refractivity contribution in [2.24, 2.45) is 0 Å². The van der Waals surface area contributed by atoms with Crippen LogP contribution >= 0.6 is 11.3 Å². The van der Waals surface area contributed by atoms with Crippen molar-refractivity contribution in [2.45, 2.75) is 23.1 Å². The summed E-state index contributed by atoms with van der Waals surface area (Å²) in [4.78, 5) is 18.2. The minimum absolute atomic E-state index is 0.0561. The number of aryl methyl sites for hydroxylation is 1. The van der Waals surface area contributed by atoms with Gasteiger partial charge in [0.05, 0.1) is 9.79 Å². The van der Waals surface area contributed by atoms with Gasteiger partial charge in [-0.15, -0.1) is 11.3 Å². The van der Waals surface area contributed by atoms with Gasteiger partial charge in [-0.2, -0.15) is 0 Å². The largest absolute Gasteiger partial charge is 0.457 e. The molecule has 0 aliphatic carbocycles. The number of Topliss-reactive ketones (excluding diaryl/α,β-unsaturated/α-hetero) is 1. The van der Waals surface area contributed by atoms with E-state index in [0.29, 0.717) is 33.6 Å². The molecule has 0 N–H and O–H groups in total. The van der Waals surface area contributed by atoms with Crippen molar-refractivity contribution in [3.05, 3.63) is 88.4 Å². The Bertz CT molecular complexity index is 1560. The maximum atomic E-state index is 12.8. The number of carbonyl (C=O) groups excluding carboxylic acids is 1. The minimum Gasteiger partial charge on any atom is -0.457 e. The van der Waals surface area contributed by atoms with Gasteiger partial charge < -0.3 is 9.47 Å². The van der Waals surface area contributed by atoms with Crippen molar-refractivity contribution in [1.82, 2.24) is 4.98 Å². The molecule has 0 saturated carbocycles. The molecule has 0 unspecified atom stereocenters. The summed E-state index contributed by atoms with van der Waals surface area (Å²) in [5.74, 6) is 1.38. The number of hydrogen-bond donors (Lipinski definition) is 0. The molecule has 0 bridgehead atoms. The normalized spacial score (nSPS) is 11.8. The van der Waals surface area contributed by atoms with E-state index in [9.17, 15) is 21.6 Å². The van der Waals surface area contributed by atoms with E-state index in [1.165, 1.54) is 59.9 Å². The Labute approximate surface area is 219 Å². The molecule has 0 aliphatic heterocycles. The minimum atomic E-state index is -3.35. The number of carbonyl (C=O) groups is 1. The molecular weight excluding hydrogens is 534 g/mol. The van der Waals surface area contributed by atoms with E-state index in [0.717, 1.165) is 17.4 Å². The quantitative estimate of drug-likeness (QED) is 0.256. The van der Waals surface area contributed by atoms with Gasteiger partial charge in [-0.3, -0.25) is 4.79 Å². The Balaban J connectivity index is 1.63. The molecule has 8 nitrogen and oxygen atoms in total. The highest BCUT2D eigenvalue weighted by Gasteiger charge is 2.15. The van der Waals surface area contributed by atoms with E-state index in [2.05, 4.69) is 4.98 Å². The second-order valence-electron chi connectivity index (χ2n) is 8.38. The molecule has 0 saturated heterocycles. The molecule has 0 fully saturated rings. The molecular formula is C26H23NO7S3. The number of benzene rings is 3. The van der Waals surface area contributed by atoms with Crippen LogP contribution in [0.5, 0.6) is 23.0 Å². The summed E-state index contributed by atoms with van der Waals surface area (Å²) in [7, 11) is -6.69. The fourth-order valence-corrected chi connectivity index (χ4v) is 5.34. The fourth-order valence-electron chi connectivity index (χ4n) is 3.38. The number of aromatic nitrogens is 1. The molecule has 11 heteroatoms. The van der Waals surface area contributed by atoms with Crippen LogP contribution in [0.25, 0.3) is 0 Å². The van der Waals surface area contributed by atoms with Crippen LogP contribution in [0.2, 0.25) is 0 Å². The van der Waals surface area contributed by atoms with E-state index in [-0.39, 0.29) is 22.0 Å². The molecule has 0 amide bonds. The molecule has 4 rings (SSSR count). The molecule has 3 aromatic carbocycles. The van der Waals surface area contributed by atoms with Crippen molar-refractivity contribution in [1.29, 1.82) is 0 Å². The summed E-state index contributed by atoms with van der Waals surface area (Å²) >= 11 is 1.31. The van der Waals surface area contributed by atoms with Crippen LogP contribution in [0.4, 0.5) is 0 Å². The lowest BCUT2D eigenvalue weighted by Crippen LogP contribution is -2.03. The summed E-state index contributed by atoms with van der Waals surface area (Å²) in [6.45, 7) is 1.87. The third kappa shape index (κ3) is 7.03. The van der Waals surface area contributed by atoms with Crippen LogP contribution in [-0.2, 0) is 26.1 Å². The van der Waals surface area contributed by atoms with E-state index in [1.807, 2.05) is 6.92 Å². The van der Waals surface area contributed by atoms with E-state index in [1.54, 1.807) is 24.4 Å². The van der Waals surface area contributed by atoms with Crippen LogP contribution in [-0.4, -0.2) is 40.1 Å². The van der Waals surface area contributed by atoms with Gasteiger partial charge in [0, 0.05) is 36.1 Å². The first-order chi connectivity index (χ1) is 17.4. The molecule has 0 atom stereocenters. The van der Waals surface area contributed by atoms with Gasteiger partial charge >= 0.3 is 0 Å². The average molecular weight is 558 g/mol. The Morgan fingerprint density at radius 2 is 1.22 bits per heavy atom. The molecule has 0 spiro atoms. The van der Waals surface area contributed by atoms with Crippen molar-refractivity contribution < 1.29 is 31.1 Å². The Hall–Kier alpha value is -3.54. The van der Waals surface area contributed by atoms with Gasteiger partial charge in [-0.1, -0.05) is 0 Å². The van der Waals surface area contributed by atoms with Crippen molar-refractivity contribution >= 4 is 36.8 Å². The average Bonchev–Trinajstić information content (AvgIpc) is 3.25. The van der Waals surface area contributed by atoms with Crippen LogP contribution in [0.3, 0.4) is 0 Å². The first-order valence-electron chi connectivity index (χ1n) is 10.9. The second kappa shape index (κ2) is 10.4. The van der Waals surface area contributed by atoms with Crippen molar-refractivity contribution in [2.75, 3.05) is 12.5 Å². The van der Waals surface area contributed by atoms with Crippen LogP contribution in [0.1, 0.15) is 20.2 Å². The smallest absolute Gasteiger partial charge is 0.195 e. The number of sulfone groups is 2. The van der Waals surface area contributed by atoms with Gasteiger partial charge in [-0.05, 0) is 73.2 Å². The summed E-state index contributed by atoms with van der Waals surface area (Å²) in [6, 6.07) is 17.0. The summed E-state index contributed by atoms with van der Waals surface area (Å²) in [5.41, 5.74) is 0.617. The second-order valence-corrected chi connectivity index (χ2v) is 13.6. The van der Waals surface area contributed by atoms with E-state index in [4.69, 9.17) is 9.47 Å². The lowest BCUT2D eigenvalue weighted by atomic mass is 10.1. The molecule has 0 radical (unpaired) electrons. The monoisotopic (exact) mass is 557 g/mol. The van der Waals surface area contributed by atoms with Crippen LogP contribution in [0, 0.1) is 6.92 Å². The highest BCUT2D eigenvalue weighted by atomic mass is 32.2. The number of rotatable bonds is 9. The highest BCUT2D eigenvalue weighted by Crippen LogP contribution is 2.32. The zero-order valence-electron chi connectivity index (χ0n) is 20.2. The Kier molecular flexibility index (Phi) is 7.49. The summed E-state index contributed by atoms with van der Waals surface area (Å²) < 4.78 is 58.8. The Morgan fingerprint density at radius 3 is 1.59 bits per heavy atom. The topological polar surface area (TPSA) is 117 Å². The summed E-state index contributed by atoms with van der Waals surface area (Å²) in [5, 5.41) is 0.402. The molecule has 4 aromatic rings. The number of ether oxygens (including phenoxy) is 2. The Morgan fingerprint density at radius 1 is 0.757 bits per heavy atom. The molecule has 1 aromatic heterocycles. The van der Waals surface area contributed by atoms with Gasteiger partial charge in [-0.25, -0.2) is 21.8 Å². The predicted octanol–water partition coefficient (Wildman–Crippen LogP) is 5.27. The zero-order chi connectivity index (χ0) is 26.8. The molecule has 1 heterocycles. The van der Waals surface area contributed by atoms with Crippen LogP contribution in [0.15, 0.2) is 82.7 Å². The first-order valence-corrected chi connectivity index (χ1v) is 15.5. The molecule has 192 valence electrons. The standard InChI is InChI=1S/C26H23NO7S3/c1-17-16-27-26(35-17)25(28)14-18-12-21(33-19-4-8-23(9-5-19)36(2,29)30)15-22(13-18)34-20-6-10-24(11-7-20)37(3,31)32/h4-13,15-16H,14H2,1-3H3. The third-order valence-electron chi connectivity index (χ3n) is 5.14. The number of nitrogens with zero attached hydrogens (tertiary/aromatic N) is 1. The van der Waals surface area contributed by atoms with E-state index < -0.39 is 19.7 Å². The number of thiazole rings is 1. The molecule has 37 heavy (non-hydrogen) atoms. The van der Waals surface area contributed by atoms with Gasteiger partial charge in [0.2, 0.25) is 0 Å². The van der Waals surface area contributed by atoms with Crippen molar-refractivity contribution in [3.63, 3.8) is 0 Å². The SMILES string of the molecule is Cc1cnc(C(=O)Cc2cc(Oc3ccc(S(C)(=O)=O)cc3)cc(Oc3ccc(S(C)(=O)=O)cc3)c2)s1. The van der Waals surface area contributed by atoms with Crippen molar-refractivity contribution in [3.8, 4) is 23.0 Å². The predicted molar refractivity (Wildman–Crippen MR) is 141 cm³/mol. The van der Waals surface area contributed by atoms with Gasteiger partial charge in [0.15, 0.2) is 30.5 Å². The van der Waals surface area contributed by atoms with Crippen LogP contribution < -0.4 is 9.47 Å². The van der Waals surface area contributed by atoms with E-state index >= 15 is 0 Å². The maximum absolute atomic E-state index is 12.8.